The number of esters is 1. The normalized spacial score (nSPS) is 13.1. The summed E-state index contributed by atoms with van der Waals surface area (Å²) in [5.41, 5.74) is 1.90. The fraction of sp³-hybridized carbons (Fsp3) is 0.350. The number of hydrogen-bond acceptors (Lipinski definition) is 5. The van der Waals surface area contributed by atoms with Crippen LogP contribution in [-0.4, -0.2) is 30.4 Å². The van der Waals surface area contributed by atoms with Crippen LogP contribution in [0.2, 0.25) is 0 Å². The monoisotopic (exact) mass is 386 g/mol. The van der Waals surface area contributed by atoms with Crippen molar-refractivity contribution in [3.8, 4) is 0 Å². The first-order chi connectivity index (χ1) is 13.0. The Kier molecular flexibility index (Phi) is 5.91. The molecule has 0 atom stereocenters. The molecule has 2 aromatic rings. The summed E-state index contributed by atoms with van der Waals surface area (Å²) in [5.74, 6) is -1.22. The smallest absolute Gasteiger partial charge is 0.348 e. The molecular weight excluding hydrogens is 364 g/mol. The van der Waals surface area contributed by atoms with Crippen LogP contribution < -0.4 is 10.6 Å². The SMILES string of the molecule is CCc1cc(C(=O)OCC(=O)Nc2ccccc2C(=O)NC2CC2)sc1C. The minimum absolute atomic E-state index is 0.216. The van der Waals surface area contributed by atoms with Gasteiger partial charge in [-0.1, -0.05) is 19.1 Å². The van der Waals surface area contributed by atoms with Crippen molar-refractivity contribution in [1.29, 1.82) is 0 Å². The van der Waals surface area contributed by atoms with Crippen molar-refractivity contribution >= 4 is 34.8 Å². The molecule has 7 heteroatoms. The molecule has 0 aliphatic heterocycles. The summed E-state index contributed by atoms with van der Waals surface area (Å²) in [4.78, 5) is 38.1. The molecule has 1 aromatic heterocycles. The van der Waals surface area contributed by atoms with Crippen LogP contribution in [0.25, 0.3) is 0 Å². The number of amides is 2. The summed E-state index contributed by atoms with van der Waals surface area (Å²) in [6, 6.07) is 8.80. The van der Waals surface area contributed by atoms with Crippen molar-refractivity contribution in [2.45, 2.75) is 39.2 Å². The second kappa shape index (κ2) is 8.35. The summed E-state index contributed by atoms with van der Waals surface area (Å²) in [6.07, 6.45) is 2.81. The predicted molar refractivity (Wildman–Crippen MR) is 104 cm³/mol. The van der Waals surface area contributed by atoms with Gasteiger partial charge in [0, 0.05) is 10.9 Å². The highest BCUT2D eigenvalue weighted by atomic mass is 32.1. The van der Waals surface area contributed by atoms with E-state index in [1.165, 1.54) is 11.3 Å². The molecule has 0 radical (unpaired) electrons. The Morgan fingerprint density at radius 1 is 1.22 bits per heavy atom. The van der Waals surface area contributed by atoms with E-state index in [1.54, 1.807) is 30.3 Å². The van der Waals surface area contributed by atoms with Gasteiger partial charge in [0.05, 0.1) is 11.3 Å². The molecule has 6 nitrogen and oxygen atoms in total. The van der Waals surface area contributed by atoms with Crippen LogP contribution in [0.3, 0.4) is 0 Å². The van der Waals surface area contributed by atoms with E-state index >= 15 is 0 Å². The van der Waals surface area contributed by atoms with E-state index in [9.17, 15) is 14.4 Å². The van der Waals surface area contributed by atoms with Crippen LogP contribution in [0.4, 0.5) is 5.69 Å². The maximum Gasteiger partial charge on any atom is 0.348 e. The fourth-order valence-corrected chi connectivity index (χ4v) is 3.65. The van der Waals surface area contributed by atoms with Crippen molar-refractivity contribution in [1.82, 2.24) is 5.32 Å². The Labute approximate surface area is 161 Å². The lowest BCUT2D eigenvalue weighted by molar-refractivity contribution is -0.119. The van der Waals surface area contributed by atoms with Crippen LogP contribution in [0.1, 0.15) is 50.2 Å². The molecule has 1 heterocycles. The average Bonchev–Trinajstić information content (AvgIpc) is 3.39. The molecule has 1 aromatic carbocycles. The lowest BCUT2D eigenvalue weighted by Crippen LogP contribution is -2.27. The third-order valence-electron chi connectivity index (χ3n) is 4.30. The van der Waals surface area contributed by atoms with Crippen molar-refractivity contribution in [2.24, 2.45) is 0 Å². The second-order valence-corrected chi connectivity index (χ2v) is 7.72. The van der Waals surface area contributed by atoms with Gasteiger partial charge in [-0.15, -0.1) is 11.3 Å². The predicted octanol–water partition coefficient (Wildman–Crippen LogP) is 3.31. The molecule has 0 spiro atoms. The van der Waals surface area contributed by atoms with Gasteiger partial charge in [-0.25, -0.2) is 4.79 Å². The molecule has 0 saturated heterocycles. The van der Waals surface area contributed by atoms with Crippen molar-refractivity contribution in [3.05, 3.63) is 51.2 Å². The van der Waals surface area contributed by atoms with E-state index in [4.69, 9.17) is 4.74 Å². The second-order valence-electron chi connectivity index (χ2n) is 6.46. The van der Waals surface area contributed by atoms with Gasteiger partial charge >= 0.3 is 5.97 Å². The Balaban J connectivity index is 1.57. The average molecular weight is 386 g/mol. The fourth-order valence-electron chi connectivity index (χ4n) is 2.64. The largest absolute Gasteiger partial charge is 0.451 e. The van der Waals surface area contributed by atoms with Crippen molar-refractivity contribution < 1.29 is 19.1 Å². The zero-order valence-electron chi connectivity index (χ0n) is 15.3. The number of para-hydroxylation sites is 1. The van der Waals surface area contributed by atoms with Crippen LogP contribution in [-0.2, 0) is 16.0 Å². The van der Waals surface area contributed by atoms with Gasteiger partial charge in [-0.05, 0) is 49.9 Å². The van der Waals surface area contributed by atoms with Crippen LogP contribution in [0.15, 0.2) is 30.3 Å². The molecule has 3 rings (SSSR count). The third kappa shape index (κ3) is 4.95. The zero-order chi connectivity index (χ0) is 19.4. The van der Waals surface area contributed by atoms with Gasteiger partial charge in [-0.2, -0.15) is 0 Å². The van der Waals surface area contributed by atoms with Gasteiger partial charge in [-0.3, -0.25) is 9.59 Å². The highest BCUT2D eigenvalue weighted by molar-refractivity contribution is 7.14. The van der Waals surface area contributed by atoms with Crippen molar-refractivity contribution in [2.75, 3.05) is 11.9 Å². The van der Waals surface area contributed by atoms with Crippen LogP contribution >= 0.6 is 11.3 Å². The minimum Gasteiger partial charge on any atom is -0.451 e. The maximum absolute atomic E-state index is 12.3. The van der Waals surface area contributed by atoms with E-state index in [0.29, 0.717) is 16.1 Å². The topological polar surface area (TPSA) is 84.5 Å². The Bertz CT molecular complexity index is 871. The number of nitrogens with one attached hydrogen (secondary N) is 2. The molecule has 0 unspecified atom stereocenters. The van der Waals surface area contributed by atoms with Gasteiger partial charge < -0.3 is 15.4 Å². The minimum atomic E-state index is -0.516. The number of rotatable bonds is 7. The lowest BCUT2D eigenvalue weighted by atomic mass is 10.1. The molecule has 142 valence electrons. The van der Waals surface area contributed by atoms with Crippen LogP contribution in [0, 0.1) is 6.92 Å². The zero-order valence-corrected chi connectivity index (χ0v) is 16.2. The highest BCUT2D eigenvalue weighted by Crippen LogP contribution is 2.23. The van der Waals surface area contributed by atoms with E-state index in [0.717, 1.165) is 29.7 Å². The molecule has 27 heavy (non-hydrogen) atoms. The first-order valence-electron chi connectivity index (χ1n) is 8.94. The van der Waals surface area contributed by atoms with E-state index in [-0.39, 0.29) is 11.9 Å². The Morgan fingerprint density at radius 3 is 2.63 bits per heavy atom. The molecule has 1 fully saturated rings. The summed E-state index contributed by atoms with van der Waals surface area (Å²) in [6.45, 7) is 3.57. The summed E-state index contributed by atoms with van der Waals surface area (Å²) < 4.78 is 5.11. The Morgan fingerprint density at radius 2 is 1.96 bits per heavy atom. The first kappa shape index (κ1) is 19.1. The highest BCUT2D eigenvalue weighted by Gasteiger charge is 2.25. The molecule has 1 aliphatic carbocycles. The summed E-state index contributed by atoms with van der Waals surface area (Å²) >= 11 is 1.36. The molecule has 2 N–H and O–H groups in total. The van der Waals surface area contributed by atoms with E-state index < -0.39 is 18.5 Å². The molecule has 1 aliphatic rings. The van der Waals surface area contributed by atoms with Gasteiger partial charge in [0.1, 0.15) is 4.88 Å². The van der Waals surface area contributed by atoms with E-state index in [1.807, 2.05) is 13.8 Å². The maximum atomic E-state index is 12.3. The number of carbonyl (C=O) groups excluding carboxylic acids is 3. The first-order valence-corrected chi connectivity index (χ1v) is 9.75. The quantitative estimate of drug-likeness (QED) is 0.715. The molecular formula is C20H22N2O4S. The van der Waals surface area contributed by atoms with Crippen LogP contribution in [0.5, 0.6) is 0 Å². The third-order valence-corrected chi connectivity index (χ3v) is 5.37. The number of anilines is 1. The van der Waals surface area contributed by atoms with Gasteiger partial charge in [0.2, 0.25) is 0 Å². The molecule has 2 amide bonds. The van der Waals surface area contributed by atoms with Gasteiger partial charge in [0.15, 0.2) is 6.61 Å². The van der Waals surface area contributed by atoms with Crippen molar-refractivity contribution in [3.63, 3.8) is 0 Å². The summed E-state index contributed by atoms with van der Waals surface area (Å²) in [5, 5.41) is 5.54. The number of aryl methyl sites for hydroxylation is 2. The number of carbonyl (C=O) groups is 3. The van der Waals surface area contributed by atoms with Gasteiger partial charge in [0.25, 0.3) is 11.8 Å². The number of benzene rings is 1. The number of ether oxygens (including phenoxy) is 1. The lowest BCUT2D eigenvalue weighted by Gasteiger charge is -2.11. The summed E-state index contributed by atoms with van der Waals surface area (Å²) in [7, 11) is 0. The number of thiophene rings is 1. The molecule has 1 saturated carbocycles. The molecule has 0 bridgehead atoms. The standard InChI is InChI=1S/C20H22N2O4S/c1-3-13-10-17(27-12(13)2)20(25)26-11-18(23)22-16-7-5-4-6-15(16)19(24)21-14-8-9-14/h4-7,10,14H,3,8-9,11H2,1-2H3,(H,21,24)(H,22,23). The number of hydrogen-bond donors (Lipinski definition) is 2. The van der Waals surface area contributed by atoms with E-state index in [2.05, 4.69) is 10.6 Å². The Hall–Kier alpha value is -2.67.